The molecule has 154 valence electrons. The first-order valence-electron chi connectivity index (χ1n) is 9.68. The lowest BCUT2D eigenvalue weighted by Crippen LogP contribution is -2.04. The number of hydrogen-bond donors (Lipinski definition) is 4. The highest BCUT2D eigenvalue weighted by Gasteiger charge is 2.11. The molecule has 9 nitrogen and oxygen atoms in total. The molecule has 0 unspecified atom stereocenters. The first-order valence-corrected chi connectivity index (χ1v) is 9.18. The van der Waals surface area contributed by atoms with E-state index in [0.717, 1.165) is 5.56 Å². The van der Waals surface area contributed by atoms with E-state index in [-0.39, 0.29) is 18.7 Å². The molecule has 2 aromatic heterocycles. The molecule has 0 saturated heterocycles. The van der Waals surface area contributed by atoms with Crippen LogP contribution >= 0.6 is 0 Å². The van der Waals surface area contributed by atoms with Crippen molar-refractivity contribution in [3.63, 3.8) is 0 Å². The Kier molecular flexibility index (Phi) is 4.78. The van der Waals surface area contributed by atoms with Gasteiger partial charge >= 0.3 is 5.76 Å². The van der Waals surface area contributed by atoms with Gasteiger partial charge < -0.3 is 24.9 Å². The summed E-state index contributed by atoms with van der Waals surface area (Å²) in [5.41, 5.74) is 4.46. The SMILES string of the molecule is [2H]c1nc(Nc2cc(C)c(CO)c(OC)c2)nc(Nc2ccc3oc(=O)[nH]c3c2)c1C. The number of ether oxygens (including phenoxy) is 1. The third-order valence-corrected chi connectivity index (χ3v) is 4.65. The van der Waals surface area contributed by atoms with Crippen LogP contribution in [0, 0.1) is 13.8 Å². The van der Waals surface area contributed by atoms with E-state index in [2.05, 4.69) is 25.6 Å². The van der Waals surface area contributed by atoms with Gasteiger partial charge in [-0.2, -0.15) is 4.98 Å². The number of fused-ring (bicyclic) bond motifs is 1. The van der Waals surface area contributed by atoms with E-state index in [0.29, 0.717) is 45.2 Å². The molecule has 4 aromatic rings. The lowest BCUT2D eigenvalue weighted by Gasteiger charge is -2.14. The van der Waals surface area contributed by atoms with Gasteiger partial charge in [-0.25, -0.2) is 9.78 Å². The van der Waals surface area contributed by atoms with Crippen molar-refractivity contribution in [1.82, 2.24) is 15.0 Å². The molecule has 4 N–H and O–H groups in total. The second-order valence-electron chi connectivity index (χ2n) is 6.74. The van der Waals surface area contributed by atoms with Gasteiger partial charge in [-0.3, -0.25) is 4.98 Å². The number of nitrogens with zero attached hydrogens (tertiary/aromatic N) is 2. The number of H-pyrrole nitrogens is 1. The number of aromatic nitrogens is 3. The summed E-state index contributed by atoms with van der Waals surface area (Å²) in [6, 6.07) is 8.73. The molecule has 0 amide bonds. The highest BCUT2D eigenvalue weighted by molar-refractivity contribution is 5.78. The Balaban J connectivity index is 1.66. The van der Waals surface area contributed by atoms with Crippen LogP contribution in [-0.2, 0) is 6.61 Å². The van der Waals surface area contributed by atoms with Gasteiger partial charge in [0.25, 0.3) is 0 Å². The van der Waals surface area contributed by atoms with Gasteiger partial charge in [0.1, 0.15) is 11.6 Å². The van der Waals surface area contributed by atoms with Crippen LogP contribution in [-0.4, -0.2) is 27.2 Å². The fourth-order valence-corrected chi connectivity index (χ4v) is 3.12. The van der Waals surface area contributed by atoms with Crippen molar-refractivity contribution in [3.05, 3.63) is 63.7 Å². The Morgan fingerprint density at radius 3 is 2.80 bits per heavy atom. The monoisotopic (exact) mass is 408 g/mol. The number of nitrogens with one attached hydrogen (secondary N) is 3. The quantitative estimate of drug-likeness (QED) is 0.382. The molecule has 0 aliphatic rings. The van der Waals surface area contributed by atoms with Crippen LogP contribution in [0.5, 0.6) is 5.75 Å². The Bertz CT molecular complexity index is 1330. The normalized spacial score (nSPS) is 11.4. The highest BCUT2D eigenvalue weighted by atomic mass is 16.5. The molecular weight excluding hydrogens is 386 g/mol. The van der Waals surface area contributed by atoms with Crippen LogP contribution in [0.2, 0.25) is 0 Å². The summed E-state index contributed by atoms with van der Waals surface area (Å²) < 4.78 is 18.6. The van der Waals surface area contributed by atoms with Crippen molar-refractivity contribution in [3.8, 4) is 5.75 Å². The van der Waals surface area contributed by atoms with Crippen molar-refractivity contribution in [2.45, 2.75) is 20.5 Å². The van der Waals surface area contributed by atoms with E-state index in [1.807, 2.05) is 13.0 Å². The van der Waals surface area contributed by atoms with Gasteiger partial charge in [0.2, 0.25) is 5.95 Å². The molecule has 9 heteroatoms. The zero-order chi connectivity index (χ0) is 22.1. The molecule has 0 bridgehead atoms. The van der Waals surface area contributed by atoms with Crippen molar-refractivity contribution in [2.24, 2.45) is 0 Å². The van der Waals surface area contributed by atoms with E-state index in [1.54, 1.807) is 31.2 Å². The highest BCUT2D eigenvalue weighted by Crippen LogP contribution is 2.29. The molecule has 2 heterocycles. The summed E-state index contributed by atoms with van der Waals surface area (Å²) in [6.07, 6.45) is 0.0634. The van der Waals surface area contributed by atoms with Gasteiger partial charge in [-0.05, 0) is 43.7 Å². The Hall–Kier alpha value is -3.85. The van der Waals surface area contributed by atoms with Crippen molar-refractivity contribution in [1.29, 1.82) is 0 Å². The van der Waals surface area contributed by atoms with Crippen LogP contribution in [0.4, 0.5) is 23.1 Å². The number of aryl methyl sites for hydroxylation is 1. The first-order chi connectivity index (χ1) is 14.9. The molecule has 0 atom stereocenters. The maximum Gasteiger partial charge on any atom is 0.417 e. The molecule has 0 aliphatic heterocycles. The van der Waals surface area contributed by atoms with Crippen molar-refractivity contribution >= 4 is 34.2 Å². The molecule has 0 spiro atoms. The second-order valence-corrected chi connectivity index (χ2v) is 6.74. The fourth-order valence-electron chi connectivity index (χ4n) is 3.12. The molecule has 4 rings (SSSR count). The van der Waals surface area contributed by atoms with E-state index in [9.17, 15) is 9.90 Å². The van der Waals surface area contributed by atoms with Crippen LogP contribution in [0.1, 0.15) is 18.1 Å². The number of anilines is 4. The average Bonchev–Trinajstić information content (AvgIpc) is 3.10. The van der Waals surface area contributed by atoms with Gasteiger partial charge in [-0.1, -0.05) is 0 Å². The molecule has 0 radical (unpaired) electrons. The smallest absolute Gasteiger partial charge is 0.417 e. The summed E-state index contributed by atoms with van der Waals surface area (Å²) in [7, 11) is 1.54. The Morgan fingerprint density at radius 2 is 2.03 bits per heavy atom. The molecule has 2 aromatic carbocycles. The number of aromatic amines is 1. The lowest BCUT2D eigenvalue weighted by molar-refractivity contribution is 0.273. The summed E-state index contributed by atoms with van der Waals surface area (Å²) in [5.74, 6) is 0.699. The molecule has 0 fully saturated rings. The molecule has 30 heavy (non-hydrogen) atoms. The summed E-state index contributed by atoms with van der Waals surface area (Å²) in [6.45, 7) is 3.48. The number of aliphatic hydroxyl groups is 1. The van der Waals surface area contributed by atoms with Crippen LogP contribution < -0.4 is 21.1 Å². The largest absolute Gasteiger partial charge is 0.496 e. The first kappa shape index (κ1) is 18.2. The van der Waals surface area contributed by atoms with E-state index >= 15 is 0 Å². The van der Waals surface area contributed by atoms with E-state index in [1.165, 1.54) is 7.11 Å². The minimum atomic E-state index is -0.525. The summed E-state index contributed by atoms with van der Waals surface area (Å²) in [5, 5.41) is 15.8. The van der Waals surface area contributed by atoms with Crippen molar-refractivity contribution in [2.75, 3.05) is 17.7 Å². The number of hydrogen-bond acceptors (Lipinski definition) is 8. The lowest BCUT2D eigenvalue weighted by atomic mass is 10.1. The third kappa shape index (κ3) is 3.83. The average molecular weight is 408 g/mol. The topological polar surface area (TPSA) is 125 Å². The number of rotatable bonds is 6. The fraction of sp³-hybridized carbons (Fsp3) is 0.190. The molecule has 0 aliphatic carbocycles. The van der Waals surface area contributed by atoms with Crippen LogP contribution in [0.15, 0.2) is 45.7 Å². The minimum Gasteiger partial charge on any atom is -0.496 e. The third-order valence-electron chi connectivity index (χ3n) is 4.65. The predicted octanol–water partition coefficient (Wildman–Crippen LogP) is 3.52. The zero-order valence-corrected chi connectivity index (χ0v) is 16.7. The van der Waals surface area contributed by atoms with Gasteiger partial charge in [-0.15, -0.1) is 0 Å². The van der Waals surface area contributed by atoms with Gasteiger partial charge in [0.15, 0.2) is 5.58 Å². The second kappa shape index (κ2) is 7.88. The van der Waals surface area contributed by atoms with Crippen LogP contribution in [0.3, 0.4) is 0 Å². The summed E-state index contributed by atoms with van der Waals surface area (Å²) >= 11 is 0. The van der Waals surface area contributed by atoms with E-state index in [4.69, 9.17) is 10.5 Å². The standard InChI is InChI=1S/C21H21N5O4/c1-11-6-14(8-18(29-3)15(11)10-27)24-20-22-9-12(2)19(26-20)23-13-4-5-17-16(7-13)25-21(28)30-17/h4-9,27H,10H2,1-3H3,(H,25,28)(H2,22,23,24,26)/i9D. The number of methoxy groups -OCH3 is 1. The number of oxazole rings is 1. The van der Waals surface area contributed by atoms with E-state index < -0.39 is 5.76 Å². The number of benzene rings is 2. The zero-order valence-electron chi connectivity index (χ0n) is 17.7. The maximum absolute atomic E-state index is 11.4. The number of aliphatic hydroxyl groups excluding tert-OH is 1. The summed E-state index contributed by atoms with van der Waals surface area (Å²) in [4.78, 5) is 22.7. The minimum absolute atomic E-state index is 0.0634. The Labute approximate surface area is 173 Å². The maximum atomic E-state index is 11.4. The van der Waals surface area contributed by atoms with Crippen LogP contribution in [0.25, 0.3) is 11.1 Å². The van der Waals surface area contributed by atoms with Gasteiger partial charge in [0, 0.05) is 34.7 Å². The molecule has 0 saturated carbocycles. The molecular formula is C21H21N5O4. The Morgan fingerprint density at radius 1 is 1.20 bits per heavy atom. The predicted molar refractivity (Wildman–Crippen MR) is 114 cm³/mol. The van der Waals surface area contributed by atoms with Crippen molar-refractivity contribution < 1.29 is 15.6 Å². The van der Waals surface area contributed by atoms with Gasteiger partial charge in [0.05, 0.1) is 20.6 Å².